The molecule has 58 valence electrons. The fraction of sp³-hybridized carbons (Fsp3) is 0.125. The van der Waals surface area contributed by atoms with Crippen molar-refractivity contribution >= 4 is 16.8 Å². The molecule has 0 aliphatic heterocycles. The van der Waals surface area contributed by atoms with E-state index in [2.05, 4.69) is 5.16 Å². The van der Waals surface area contributed by atoms with Gasteiger partial charge in [0.15, 0.2) is 5.75 Å². The van der Waals surface area contributed by atoms with E-state index in [1.807, 2.05) is 30.3 Å². The van der Waals surface area contributed by atoms with E-state index < -0.39 is 0 Å². The first-order chi connectivity index (χ1) is 5.29. The van der Waals surface area contributed by atoms with Crippen molar-refractivity contribution in [3.63, 3.8) is 0 Å². The summed E-state index contributed by atoms with van der Waals surface area (Å²) in [6, 6.07) is 9.26. The standard InChI is InChI=1S/C8H8ClNO/c1-7(9)10-11-8-5-3-2-4-6-8/h2-6H,1H3/b10-7-. The highest BCUT2D eigenvalue weighted by Crippen LogP contribution is 2.08. The monoisotopic (exact) mass is 169 g/mol. The van der Waals surface area contributed by atoms with Crippen LogP contribution in [0.5, 0.6) is 5.75 Å². The van der Waals surface area contributed by atoms with Crippen molar-refractivity contribution in [3.8, 4) is 5.75 Å². The number of halogens is 1. The van der Waals surface area contributed by atoms with Crippen molar-refractivity contribution in [2.24, 2.45) is 5.16 Å². The molecule has 0 radical (unpaired) electrons. The van der Waals surface area contributed by atoms with Crippen molar-refractivity contribution in [2.45, 2.75) is 6.92 Å². The predicted molar refractivity (Wildman–Crippen MR) is 46.0 cm³/mol. The second-order valence-corrected chi connectivity index (χ2v) is 2.54. The molecule has 0 fully saturated rings. The SMILES string of the molecule is C/C(Cl)=N/Oc1ccccc1. The summed E-state index contributed by atoms with van der Waals surface area (Å²) in [5, 5.41) is 3.96. The second kappa shape index (κ2) is 3.98. The molecule has 0 saturated heterocycles. The molecule has 0 saturated carbocycles. The maximum absolute atomic E-state index is 5.45. The van der Waals surface area contributed by atoms with Crippen LogP contribution < -0.4 is 4.84 Å². The van der Waals surface area contributed by atoms with E-state index in [-0.39, 0.29) is 0 Å². The van der Waals surface area contributed by atoms with Gasteiger partial charge < -0.3 is 4.84 Å². The number of rotatable bonds is 2. The summed E-state index contributed by atoms with van der Waals surface area (Å²) in [7, 11) is 0. The first-order valence-corrected chi connectivity index (χ1v) is 3.59. The average Bonchev–Trinajstić information content (AvgIpc) is 2.03. The number of oxime groups is 1. The maximum Gasteiger partial charge on any atom is 0.158 e. The van der Waals surface area contributed by atoms with Crippen molar-refractivity contribution in [1.29, 1.82) is 0 Å². The van der Waals surface area contributed by atoms with E-state index in [4.69, 9.17) is 16.4 Å². The van der Waals surface area contributed by atoms with Crippen LogP contribution in [0.3, 0.4) is 0 Å². The molecule has 0 aliphatic carbocycles. The number of hydrogen-bond acceptors (Lipinski definition) is 2. The number of nitrogens with zero attached hydrogens (tertiary/aromatic N) is 1. The van der Waals surface area contributed by atoms with Gasteiger partial charge in [-0.15, -0.1) is 0 Å². The van der Waals surface area contributed by atoms with Gasteiger partial charge in [0.25, 0.3) is 0 Å². The molecule has 1 aromatic carbocycles. The van der Waals surface area contributed by atoms with Gasteiger partial charge in [0, 0.05) is 0 Å². The van der Waals surface area contributed by atoms with E-state index in [9.17, 15) is 0 Å². The van der Waals surface area contributed by atoms with Crippen molar-refractivity contribution in [2.75, 3.05) is 0 Å². The Labute approximate surface area is 70.4 Å². The van der Waals surface area contributed by atoms with Gasteiger partial charge in [0.2, 0.25) is 0 Å². The van der Waals surface area contributed by atoms with Gasteiger partial charge in [0.1, 0.15) is 5.17 Å². The molecule has 0 aromatic heterocycles. The van der Waals surface area contributed by atoms with Crippen LogP contribution in [-0.4, -0.2) is 5.17 Å². The van der Waals surface area contributed by atoms with Crippen LogP contribution in [0, 0.1) is 0 Å². The summed E-state index contributed by atoms with van der Waals surface area (Å²) >= 11 is 5.45. The lowest BCUT2D eigenvalue weighted by atomic mass is 10.3. The van der Waals surface area contributed by atoms with Crippen molar-refractivity contribution < 1.29 is 4.84 Å². The number of benzene rings is 1. The molecular formula is C8H8ClNO. The molecule has 0 aliphatic rings. The van der Waals surface area contributed by atoms with Gasteiger partial charge in [-0.2, -0.15) is 0 Å². The molecule has 0 bridgehead atoms. The predicted octanol–water partition coefficient (Wildman–Crippen LogP) is 2.64. The quantitative estimate of drug-likeness (QED) is 0.493. The van der Waals surface area contributed by atoms with E-state index in [0.29, 0.717) is 10.9 Å². The topological polar surface area (TPSA) is 21.6 Å². The Bertz CT molecular complexity index is 242. The van der Waals surface area contributed by atoms with Crippen molar-refractivity contribution in [3.05, 3.63) is 30.3 Å². The first-order valence-electron chi connectivity index (χ1n) is 3.21. The Morgan fingerprint density at radius 3 is 2.55 bits per heavy atom. The largest absolute Gasteiger partial charge is 0.356 e. The zero-order chi connectivity index (χ0) is 8.10. The normalized spacial score (nSPS) is 11.3. The van der Waals surface area contributed by atoms with Crippen LogP contribution in [0.2, 0.25) is 0 Å². The van der Waals surface area contributed by atoms with Crippen LogP contribution >= 0.6 is 11.6 Å². The van der Waals surface area contributed by atoms with Crippen LogP contribution in [-0.2, 0) is 0 Å². The summed E-state index contributed by atoms with van der Waals surface area (Å²) in [4.78, 5) is 4.92. The third-order valence-electron chi connectivity index (χ3n) is 1.02. The van der Waals surface area contributed by atoms with Gasteiger partial charge in [-0.1, -0.05) is 35.0 Å². The molecule has 2 nitrogen and oxygen atoms in total. The average molecular weight is 170 g/mol. The summed E-state index contributed by atoms with van der Waals surface area (Å²) in [5.74, 6) is 0.688. The molecule has 0 N–H and O–H groups in total. The minimum atomic E-state index is 0.383. The van der Waals surface area contributed by atoms with Crippen LogP contribution in [0.15, 0.2) is 35.5 Å². The molecule has 0 amide bonds. The van der Waals surface area contributed by atoms with Crippen molar-refractivity contribution in [1.82, 2.24) is 0 Å². The highest BCUT2D eigenvalue weighted by atomic mass is 35.5. The molecular weight excluding hydrogens is 162 g/mol. The Hall–Kier alpha value is -1.02. The Balaban J connectivity index is 2.59. The van der Waals surface area contributed by atoms with E-state index in [0.717, 1.165) is 0 Å². The molecule has 0 atom stereocenters. The molecule has 3 heteroatoms. The summed E-state index contributed by atoms with van der Waals surface area (Å²) < 4.78 is 0. The Kier molecular flexibility index (Phi) is 2.93. The van der Waals surface area contributed by atoms with Gasteiger partial charge in [-0.3, -0.25) is 0 Å². The summed E-state index contributed by atoms with van der Waals surface area (Å²) in [6.07, 6.45) is 0. The highest BCUT2D eigenvalue weighted by molar-refractivity contribution is 6.64. The third kappa shape index (κ3) is 3.05. The summed E-state index contributed by atoms with van der Waals surface area (Å²) in [6.45, 7) is 1.66. The second-order valence-electron chi connectivity index (χ2n) is 1.99. The zero-order valence-corrected chi connectivity index (χ0v) is 6.88. The van der Waals surface area contributed by atoms with Crippen LogP contribution in [0.4, 0.5) is 0 Å². The minimum absolute atomic E-state index is 0.383. The molecule has 0 spiro atoms. The molecule has 1 aromatic rings. The smallest absolute Gasteiger partial charge is 0.158 e. The van der Waals surface area contributed by atoms with Crippen LogP contribution in [0.25, 0.3) is 0 Å². The van der Waals surface area contributed by atoms with Crippen LogP contribution in [0.1, 0.15) is 6.92 Å². The fourth-order valence-corrected chi connectivity index (χ4v) is 0.631. The van der Waals surface area contributed by atoms with E-state index in [1.165, 1.54) is 0 Å². The minimum Gasteiger partial charge on any atom is -0.356 e. The zero-order valence-electron chi connectivity index (χ0n) is 6.12. The van der Waals surface area contributed by atoms with Gasteiger partial charge in [0.05, 0.1) is 0 Å². The first kappa shape index (κ1) is 8.08. The van der Waals surface area contributed by atoms with E-state index in [1.54, 1.807) is 6.92 Å². The maximum atomic E-state index is 5.45. The molecule has 1 rings (SSSR count). The van der Waals surface area contributed by atoms with Gasteiger partial charge in [-0.25, -0.2) is 0 Å². The lowest BCUT2D eigenvalue weighted by Crippen LogP contribution is -1.85. The third-order valence-corrected chi connectivity index (χ3v) is 1.09. The molecule has 0 heterocycles. The summed E-state index contributed by atoms with van der Waals surface area (Å²) in [5.41, 5.74) is 0. The van der Waals surface area contributed by atoms with Gasteiger partial charge >= 0.3 is 0 Å². The highest BCUT2D eigenvalue weighted by Gasteiger charge is 1.87. The lowest BCUT2D eigenvalue weighted by molar-refractivity contribution is 0.342. The molecule has 11 heavy (non-hydrogen) atoms. The Morgan fingerprint density at radius 2 is 2.00 bits per heavy atom. The molecule has 0 unspecified atom stereocenters. The fourth-order valence-electron chi connectivity index (χ4n) is 0.597. The van der Waals surface area contributed by atoms with E-state index >= 15 is 0 Å². The lowest BCUT2D eigenvalue weighted by Gasteiger charge is -1.95. The number of hydrogen-bond donors (Lipinski definition) is 0. The number of para-hydroxylation sites is 1. The Morgan fingerprint density at radius 1 is 1.36 bits per heavy atom. The van der Waals surface area contributed by atoms with Gasteiger partial charge in [-0.05, 0) is 19.1 Å².